The zero-order valence-corrected chi connectivity index (χ0v) is 13.6. The van der Waals surface area contributed by atoms with E-state index in [0.717, 1.165) is 39.9 Å². The first-order valence-corrected chi connectivity index (χ1v) is 8.32. The minimum atomic E-state index is -0.0998. The van der Waals surface area contributed by atoms with Crippen LogP contribution in [0.4, 0.5) is 0 Å². The smallest absolute Gasteiger partial charge is 0.261 e. The monoisotopic (exact) mass is 345 g/mol. The predicted molar refractivity (Wildman–Crippen MR) is 81.7 cm³/mol. The van der Waals surface area contributed by atoms with Gasteiger partial charge < -0.3 is 10.4 Å². The van der Waals surface area contributed by atoms with Crippen LogP contribution in [0.25, 0.3) is 0 Å². The Morgan fingerprint density at radius 2 is 2.16 bits per heavy atom. The Morgan fingerprint density at radius 1 is 1.47 bits per heavy atom. The van der Waals surface area contributed by atoms with Crippen molar-refractivity contribution in [2.75, 3.05) is 13.2 Å². The Labute approximate surface area is 126 Å². The van der Waals surface area contributed by atoms with Crippen molar-refractivity contribution in [3.63, 3.8) is 0 Å². The van der Waals surface area contributed by atoms with Crippen molar-refractivity contribution in [1.29, 1.82) is 0 Å². The summed E-state index contributed by atoms with van der Waals surface area (Å²) in [5, 5.41) is 12.6. The molecule has 19 heavy (non-hydrogen) atoms. The molecule has 3 nitrogen and oxygen atoms in total. The zero-order chi connectivity index (χ0) is 13.9. The van der Waals surface area contributed by atoms with Crippen molar-refractivity contribution in [2.24, 2.45) is 5.41 Å². The van der Waals surface area contributed by atoms with Crippen LogP contribution in [0.1, 0.15) is 47.3 Å². The zero-order valence-electron chi connectivity index (χ0n) is 11.2. The van der Waals surface area contributed by atoms with Crippen LogP contribution in [-0.4, -0.2) is 24.2 Å². The molecule has 1 saturated carbocycles. The molecular weight excluding hydrogens is 326 g/mol. The lowest BCUT2D eigenvalue weighted by molar-refractivity contribution is 0.0720. The first-order chi connectivity index (χ1) is 9.06. The van der Waals surface area contributed by atoms with Crippen LogP contribution in [0.5, 0.6) is 0 Å². The van der Waals surface area contributed by atoms with Gasteiger partial charge in [-0.3, -0.25) is 4.79 Å². The van der Waals surface area contributed by atoms with E-state index < -0.39 is 0 Å². The van der Waals surface area contributed by atoms with Crippen LogP contribution in [0.15, 0.2) is 9.85 Å². The summed E-state index contributed by atoms with van der Waals surface area (Å²) in [6, 6.07) is 1.90. The Kier molecular flexibility index (Phi) is 5.03. The second kappa shape index (κ2) is 6.37. The van der Waals surface area contributed by atoms with Gasteiger partial charge in [0.2, 0.25) is 0 Å². The third kappa shape index (κ3) is 3.58. The third-order valence-electron chi connectivity index (χ3n) is 3.95. The molecule has 0 unspecified atom stereocenters. The normalized spacial score (nSPS) is 18.3. The van der Waals surface area contributed by atoms with Gasteiger partial charge in [0.15, 0.2) is 0 Å². The number of carbonyl (C=O) groups excluding carboxylic acids is 1. The number of aliphatic hydroxyl groups excluding tert-OH is 1. The number of hydrogen-bond acceptors (Lipinski definition) is 3. The summed E-state index contributed by atoms with van der Waals surface area (Å²) in [6.07, 6.45) is 5.57. The van der Waals surface area contributed by atoms with Crippen LogP contribution in [0.3, 0.4) is 0 Å². The number of aliphatic hydroxyl groups is 1. The molecule has 0 aliphatic heterocycles. The van der Waals surface area contributed by atoms with Gasteiger partial charge in [0, 0.05) is 12.0 Å². The summed E-state index contributed by atoms with van der Waals surface area (Å²) in [4.78, 5) is 12.8. The van der Waals surface area contributed by atoms with Crippen molar-refractivity contribution in [3.8, 4) is 0 Å². The summed E-state index contributed by atoms with van der Waals surface area (Å²) < 4.78 is 1.01. The van der Waals surface area contributed by atoms with E-state index in [0.29, 0.717) is 6.54 Å². The maximum Gasteiger partial charge on any atom is 0.261 e. The molecule has 0 bridgehead atoms. The molecular formula is C14H20BrNO2S. The van der Waals surface area contributed by atoms with Gasteiger partial charge in [-0.25, -0.2) is 0 Å². The largest absolute Gasteiger partial charge is 0.396 e. The molecule has 1 aliphatic carbocycles. The molecule has 1 aromatic rings. The molecule has 1 heterocycles. The van der Waals surface area contributed by atoms with E-state index >= 15 is 0 Å². The molecule has 1 aliphatic rings. The van der Waals surface area contributed by atoms with Crippen LogP contribution >= 0.6 is 27.3 Å². The predicted octanol–water partition coefficient (Wildman–Crippen LogP) is 3.49. The third-order valence-corrected chi connectivity index (χ3v) is 6.09. The number of nitrogens with one attached hydrogen (secondary N) is 1. The molecule has 5 heteroatoms. The van der Waals surface area contributed by atoms with Crippen molar-refractivity contribution in [2.45, 2.75) is 39.0 Å². The van der Waals surface area contributed by atoms with E-state index in [-0.39, 0.29) is 17.9 Å². The number of hydrogen-bond donors (Lipinski definition) is 2. The Hall–Kier alpha value is -0.390. The fraction of sp³-hybridized carbons (Fsp3) is 0.643. The van der Waals surface area contributed by atoms with Crippen molar-refractivity contribution in [1.82, 2.24) is 5.32 Å². The summed E-state index contributed by atoms with van der Waals surface area (Å²) in [5.74, 6) is -0.0304. The van der Waals surface area contributed by atoms with Crippen molar-refractivity contribution < 1.29 is 9.90 Å². The number of carbonyl (C=O) groups is 1. The second-order valence-corrected chi connectivity index (χ2v) is 7.84. The summed E-state index contributed by atoms with van der Waals surface area (Å²) in [7, 11) is 0. The van der Waals surface area contributed by atoms with Crippen LogP contribution in [-0.2, 0) is 0 Å². The first kappa shape index (κ1) is 15.0. The highest BCUT2D eigenvalue weighted by molar-refractivity contribution is 9.11. The molecule has 1 aromatic heterocycles. The maximum atomic E-state index is 12.1. The van der Waals surface area contributed by atoms with E-state index in [1.54, 1.807) is 0 Å². The van der Waals surface area contributed by atoms with Crippen LogP contribution < -0.4 is 5.32 Å². The highest BCUT2D eigenvalue weighted by Crippen LogP contribution is 2.35. The second-order valence-electron chi connectivity index (χ2n) is 5.47. The number of halogens is 1. The lowest BCUT2D eigenvalue weighted by atomic mass is 9.74. The Bertz CT molecular complexity index is 433. The average molecular weight is 346 g/mol. The van der Waals surface area contributed by atoms with Gasteiger partial charge in [-0.15, -0.1) is 11.3 Å². The Balaban J connectivity index is 1.95. The lowest BCUT2D eigenvalue weighted by Crippen LogP contribution is -2.41. The summed E-state index contributed by atoms with van der Waals surface area (Å²) >= 11 is 4.89. The molecule has 1 amide bonds. The highest BCUT2D eigenvalue weighted by atomic mass is 79.9. The van der Waals surface area contributed by atoms with Crippen molar-refractivity contribution >= 4 is 33.2 Å². The van der Waals surface area contributed by atoms with Gasteiger partial charge in [-0.2, -0.15) is 0 Å². The molecule has 2 N–H and O–H groups in total. The van der Waals surface area contributed by atoms with Gasteiger partial charge in [0.05, 0.1) is 15.3 Å². The number of amides is 1. The minimum Gasteiger partial charge on any atom is -0.396 e. The lowest BCUT2D eigenvalue weighted by Gasteiger charge is -2.35. The number of rotatable bonds is 4. The molecule has 0 atom stereocenters. The van der Waals surface area contributed by atoms with Crippen molar-refractivity contribution in [3.05, 3.63) is 20.3 Å². The SMILES string of the molecule is Cc1cc(C(=O)NCC2(CO)CCCCC2)sc1Br. The van der Waals surface area contributed by atoms with E-state index in [1.165, 1.54) is 17.8 Å². The van der Waals surface area contributed by atoms with E-state index in [2.05, 4.69) is 21.2 Å². The summed E-state index contributed by atoms with van der Waals surface area (Å²) in [6.45, 7) is 2.73. The molecule has 106 valence electrons. The standard InChI is InChI=1S/C14H20BrNO2S/c1-10-7-11(19-12(10)15)13(18)16-8-14(9-17)5-3-2-4-6-14/h7,17H,2-6,8-9H2,1H3,(H,16,18). The minimum absolute atomic E-state index is 0.0304. The topological polar surface area (TPSA) is 49.3 Å². The fourth-order valence-corrected chi connectivity index (χ4v) is 4.07. The quantitative estimate of drug-likeness (QED) is 0.877. The molecule has 0 radical (unpaired) electrons. The van der Waals surface area contributed by atoms with Gasteiger partial charge in [0.25, 0.3) is 5.91 Å². The summed E-state index contributed by atoms with van der Waals surface area (Å²) in [5.41, 5.74) is 0.988. The maximum absolute atomic E-state index is 12.1. The molecule has 2 rings (SSSR count). The molecule has 1 fully saturated rings. The van der Waals surface area contributed by atoms with E-state index in [1.807, 2.05) is 13.0 Å². The highest BCUT2D eigenvalue weighted by Gasteiger charge is 2.31. The van der Waals surface area contributed by atoms with E-state index in [9.17, 15) is 9.90 Å². The first-order valence-electron chi connectivity index (χ1n) is 6.71. The average Bonchev–Trinajstić information content (AvgIpc) is 2.77. The molecule has 0 aromatic carbocycles. The molecule has 0 spiro atoms. The number of aryl methyl sites for hydroxylation is 1. The molecule has 0 saturated heterocycles. The van der Waals surface area contributed by atoms with E-state index in [4.69, 9.17) is 0 Å². The van der Waals surface area contributed by atoms with Gasteiger partial charge in [-0.05, 0) is 47.3 Å². The number of thiophene rings is 1. The van der Waals surface area contributed by atoms with Crippen LogP contribution in [0.2, 0.25) is 0 Å². The Morgan fingerprint density at radius 3 is 2.68 bits per heavy atom. The van der Waals surface area contributed by atoms with Gasteiger partial charge >= 0.3 is 0 Å². The van der Waals surface area contributed by atoms with Gasteiger partial charge in [-0.1, -0.05) is 19.3 Å². The fourth-order valence-electron chi connectivity index (χ4n) is 2.62. The van der Waals surface area contributed by atoms with Crippen LogP contribution in [0, 0.1) is 12.3 Å². The van der Waals surface area contributed by atoms with Gasteiger partial charge in [0.1, 0.15) is 0 Å².